The summed E-state index contributed by atoms with van der Waals surface area (Å²) in [6, 6.07) is 38.2. The molecule has 2 bridgehead atoms. The van der Waals surface area contributed by atoms with Crippen LogP contribution in [-0.2, 0) is 24.2 Å². The average Bonchev–Trinajstić information content (AvgIpc) is 3.43. The Hall–Kier alpha value is -3.73. The van der Waals surface area contributed by atoms with Gasteiger partial charge in [-0.1, -0.05) is 144 Å². The van der Waals surface area contributed by atoms with Gasteiger partial charge in [-0.05, 0) is 70.9 Å². The molecular weight excluding hydrogens is 647 g/mol. The van der Waals surface area contributed by atoms with Crippen LogP contribution < -0.4 is 15.9 Å². The highest BCUT2D eigenvalue weighted by atomic mass is 32.2. The highest BCUT2D eigenvalue weighted by Gasteiger charge is 2.67. The van der Waals surface area contributed by atoms with Gasteiger partial charge in [-0.15, -0.1) is 0 Å². The second-order valence-electron chi connectivity index (χ2n) is 15.5. The summed E-state index contributed by atoms with van der Waals surface area (Å²) in [4.78, 5) is 30.4. The zero-order valence-corrected chi connectivity index (χ0v) is 30.8. The lowest BCUT2D eigenvalue weighted by Gasteiger charge is -2.42. The third-order valence-corrected chi connectivity index (χ3v) is 17.3. The Balaban J connectivity index is 1.59. The maximum Gasteiger partial charge on any atom is 0.343 e. The first-order chi connectivity index (χ1) is 23.2. The summed E-state index contributed by atoms with van der Waals surface area (Å²) >= 11 is 0. The minimum atomic E-state index is -3.70. The average molecular weight is 695 g/mol. The number of ether oxygens (including phenoxy) is 1. The molecule has 5 nitrogen and oxygen atoms in total. The smallest absolute Gasteiger partial charge is 0.343 e. The fourth-order valence-corrected chi connectivity index (χ4v) is 15.0. The number of ketones is 1. The van der Waals surface area contributed by atoms with E-state index in [1.165, 1.54) is 0 Å². The molecule has 0 aromatic heterocycles. The van der Waals surface area contributed by atoms with E-state index in [1.807, 2.05) is 112 Å². The molecule has 2 fully saturated rings. The predicted molar refractivity (Wildman–Crippen MR) is 201 cm³/mol. The number of Topliss-reactive ketones (excluding diaryl/α,β-unsaturated/α-hetero) is 1. The van der Waals surface area contributed by atoms with Crippen molar-refractivity contribution in [2.75, 3.05) is 5.75 Å². The van der Waals surface area contributed by atoms with Crippen molar-refractivity contribution in [3.63, 3.8) is 0 Å². The van der Waals surface area contributed by atoms with Gasteiger partial charge in [0.05, 0.1) is 10.6 Å². The summed E-state index contributed by atoms with van der Waals surface area (Å²) in [6.45, 7) is 7.16. The largest absolute Gasteiger partial charge is 0.458 e. The van der Waals surface area contributed by atoms with Crippen molar-refractivity contribution in [2.24, 2.45) is 22.2 Å². The molecule has 6 rings (SSSR count). The third-order valence-electron chi connectivity index (χ3n) is 11.1. The van der Waals surface area contributed by atoms with Gasteiger partial charge in [0.15, 0.2) is 15.6 Å². The summed E-state index contributed by atoms with van der Waals surface area (Å²) in [5.74, 6) is -0.797. The number of hydrogen-bond donors (Lipinski definition) is 0. The highest BCUT2D eigenvalue weighted by molar-refractivity contribution is 7.97. The monoisotopic (exact) mass is 694 g/mol. The number of benzene rings is 4. The van der Waals surface area contributed by atoms with Gasteiger partial charge in [0.25, 0.3) is 0 Å². The van der Waals surface area contributed by atoms with Crippen molar-refractivity contribution in [1.82, 2.24) is 0 Å². The number of sulfone groups is 1. The van der Waals surface area contributed by atoms with E-state index in [0.29, 0.717) is 12.8 Å². The molecule has 0 N–H and O–H groups in total. The Morgan fingerprint density at radius 1 is 0.755 bits per heavy atom. The molecule has 0 aliphatic heterocycles. The van der Waals surface area contributed by atoms with Crippen molar-refractivity contribution in [2.45, 2.75) is 71.3 Å². The van der Waals surface area contributed by atoms with Gasteiger partial charge in [0.2, 0.25) is 0 Å². The van der Waals surface area contributed by atoms with Crippen molar-refractivity contribution in [3.05, 3.63) is 121 Å². The normalized spacial score (nSPS) is 21.7. The van der Waals surface area contributed by atoms with Crippen LogP contribution in [0.3, 0.4) is 0 Å². The maximum atomic E-state index is 15.3. The number of carbonyl (C=O) groups excluding carboxylic acids is 2. The van der Waals surface area contributed by atoms with Crippen molar-refractivity contribution in [3.8, 4) is 0 Å². The van der Waals surface area contributed by atoms with Crippen LogP contribution in [0.1, 0.15) is 60.3 Å². The van der Waals surface area contributed by atoms with E-state index in [9.17, 15) is 13.2 Å². The molecule has 2 aliphatic rings. The summed E-state index contributed by atoms with van der Waals surface area (Å²) in [5.41, 5.74) is -1.59. The van der Waals surface area contributed by atoms with Gasteiger partial charge in [0, 0.05) is 11.8 Å². The first kappa shape index (κ1) is 35.1. The van der Waals surface area contributed by atoms with Crippen LogP contribution in [0, 0.1) is 22.2 Å². The van der Waals surface area contributed by atoms with Crippen LogP contribution in [0.25, 0.3) is 0 Å². The van der Waals surface area contributed by atoms with Crippen LogP contribution in [0.15, 0.2) is 126 Å². The number of hydrogen-bond acceptors (Lipinski definition) is 5. The second kappa shape index (κ2) is 13.2. The number of rotatable bonds is 10. The lowest BCUT2D eigenvalue weighted by Crippen LogP contribution is -2.48. The lowest BCUT2D eigenvalue weighted by molar-refractivity contribution is -0.148. The molecule has 7 heteroatoms. The van der Waals surface area contributed by atoms with Gasteiger partial charge >= 0.3 is 5.97 Å². The lowest BCUT2D eigenvalue weighted by atomic mass is 9.69. The van der Waals surface area contributed by atoms with E-state index < -0.39 is 39.6 Å². The molecule has 3 atom stereocenters. The minimum absolute atomic E-state index is 0.118. The Kier molecular flexibility index (Phi) is 9.45. The van der Waals surface area contributed by atoms with Crippen LogP contribution in [-0.4, -0.2) is 37.3 Å². The second-order valence-corrected chi connectivity index (χ2v) is 20.8. The van der Waals surface area contributed by atoms with Crippen LogP contribution >= 0.6 is 6.89 Å². The molecule has 0 saturated heterocycles. The molecule has 2 saturated carbocycles. The standard InChI is InChI=1S/C42H47O5PS/c1-40(2,3)29-36(43)38(48(32-18-10-6-11-19-32,33-20-12-7-13-21-33)34-22-14-8-15-23-34)39(44)47-37-28-31-26-27-42(37,41(31,4)5)30-49(45,46)35-24-16-9-17-25-35/h6-25,31,37H,26-30H2,1-5H3/t31-,37+,42-/m0/s1. The van der Waals surface area contributed by atoms with Gasteiger partial charge in [-0.3, -0.25) is 4.79 Å². The summed E-state index contributed by atoms with van der Waals surface area (Å²) in [6.07, 6.45) is 1.57. The minimum Gasteiger partial charge on any atom is -0.458 e. The van der Waals surface area contributed by atoms with Gasteiger partial charge in [0.1, 0.15) is 11.4 Å². The molecule has 4 aromatic rings. The SMILES string of the molecule is CC(C)(C)CC(=O)C(C(=O)O[C@@H]1C[C@@H]2CC[C@@]1(CS(=O)(=O)c1ccccc1)C2(C)C)=P(c1ccccc1)(c1ccccc1)c1ccccc1. The predicted octanol–water partition coefficient (Wildman–Crippen LogP) is 7.37. The Bertz CT molecular complexity index is 1880. The first-order valence-corrected chi connectivity index (χ1v) is 20.6. The first-order valence-electron chi connectivity index (χ1n) is 17.2. The maximum absolute atomic E-state index is 15.3. The van der Waals surface area contributed by atoms with E-state index in [4.69, 9.17) is 4.74 Å². The topological polar surface area (TPSA) is 77.5 Å². The Morgan fingerprint density at radius 3 is 1.63 bits per heavy atom. The summed E-state index contributed by atoms with van der Waals surface area (Å²) in [7, 11) is -3.70. The molecule has 4 aromatic carbocycles. The van der Waals surface area contributed by atoms with E-state index in [0.717, 1.165) is 22.3 Å². The van der Waals surface area contributed by atoms with Gasteiger partial charge in [-0.25, -0.2) is 13.2 Å². The molecule has 49 heavy (non-hydrogen) atoms. The van der Waals surface area contributed by atoms with Crippen molar-refractivity contribution < 1.29 is 22.7 Å². The van der Waals surface area contributed by atoms with Crippen molar-refractivity contribution >= 4 is 49.7 Å². The van der Waals surface area contributed by atoms with Gasteiger partial charge in [-0.2, -0.15) is 0 Å². The van der Waals surface area contributed by atoms with E-state index in [2.05, 4.69) is 13.8 Å². The molecule has 2 aliphatic carbocycles. The number of esters is 1. The molecule has 0 unspecified atom stereocenters. The number of carbonyl (C=O) groups is 2. The fraction of sp³-hybridized carbons (Fsp3) is 0.357. The Morgan fingerprint density at radius 2 is 1.20 bits per heavy atom. The van der Waals surface area contributed by atoms with E-state index >= 15 is 4.79 Å². The third kappa shape index (κ3) is 6.28. The number of fused-ring (bicyclic) bond motifs is 2. The zero-order valence-electron chi connectivity index (χ0n) is 29.1. The highest BCUT2D eigenvalue weighted by Crippen LogP contribution is 2.67. The molecule has 0 heterocycles. The quantitative estimate of drug-likeness (QED) is 0.0985. The van der Waals surface area contributed by atoms with Crippen molar-refractivity contribution in [1.29, 1.82) is 0 Å². The Labute approximate surface area is 292 Å². The fourth-order valence-electron chi connectivity index (χ4n) is 8.53. The summed E-state index contributed by atoms with van der Waals surface area (Å²) in [5, 5.41) is 2.82. The van der Waals surface area contributed by atoms with Crippen LogP contribution in [0.5, 0.6) is 0 Å². The molecule has 256 valence electrons. The zero-order chi connectivity index (χ0) is 35.1. The van der Waals surface area contributed by atoms with Crippen LogP contribution in [0.2, 0.25) is 0 Å². The van der Waals surface area contributed by atoms with Gasteiger partial charge < -0.3 is 4.74 Å². The molecule has 0 radical (unpaired) electrons. The molecule has 0 amide bonds. The van der Waals surface area contributed by atoms with E-state index in [1.54, 1.807) is 30.3 Å². The molecular formula is C42H47O5PS. The van der Waals surface area contributed by atoms with E-state index in [-0.39, 0.29) is 39.5 Å². The van der Waals surface area contributed by atoms with Crippen LogP contribution in [0.4, 0.5) is 0 Å². The molecule has 0 spiro atoms. The summed E-state index contributed by atoms with van der Waals surface area (Å²) < 4.78 is 34.7.